The highest BCUT2D eigenvalue weighted by Gasteiger charge is 2.15. The first-order valence-corrected chi connectivity index (χ1v) is 9.65. The van der Waals surface area contributed by atoms with Gasteiger partial charge in [-0.3, -0.25) is 9.59 Å². The molecule has 1 rings (SSSR count). The molecule has 0 saturated heterocycles. The van der Waals surface area contributed by atoms with Crippen molar-refractivity contribution in [2.45, 2.75) is 78.1 Å². The monoisotopic (exact) mass is 351 g/mol. The summed E-state index contributed by atoms with van der Waals surface area (Å²) in [5, 5.41) is 6.23. The van der Waals surface area contributed by atoms with Gasteiger partial charge in [0.25, 0.3) is 0 Å². The molecular formula is C19H33N3O3. The molecule has 0 spiro atoms. The molecular weight excluding hydrogens is 318 g/mol. The van der Waals surface area contributed by atoms with Crippen molar-refractivity contribution in [1.82, 2.24) is 10.1 Å². The van der Waals surface area contributed by atoms with Gasteiger partial charge in [-0.15, -0.1) is 0 Å². The minimum Gasteiger partial charge on any atom is -0.363 e. The van der Waals surface area contributed by atoms with Gasteiger partial charge in [-0.1, -0.05) is 63.4 Å². The average molecular weight is 351 g/mol. The number of carbonyl (C=O) groups excluding carboxylic acids is 2. The summed E-state index contributed by atoms with van der Waals surface area (Å²) in [6.07, 6.45) is 12.9. The molecule has 1 aromatic heterocycles. The molecule has 0 aliphatic rings. The van der Waals surface area contributed by atoms with Crippen LogP contribution in [0.4, 0.5) is 5.82 Å². The molecule has 0 radical (unpaired) electrons. The van der Waals surface area contributed by atoms with E-state index in [4.69, 9.17) is 0 Å². The summed E-state index contributed by atoms with van der Waals surface area (Å²) in [6.45, 7) is 4.70. The standard InChI is InChI=1S/C19H33N3O3/c1-3-5-6-7-8-9-10-11-12-13-19(24)22(4-2)16-18(23)20-17-14-15-25-21-17/h14-15H,3-13,16H2,1-2H3,(H,20,21,23). The molecule has 0 aliphatic carbocycles. The van der Waals surface area contributed by atoms with E-state index in [9.17, 15) is 9.59 Å². The van der Waals surface area contributed by atoms with Crippen LogP contribution in [-0.2, 0) is 9.59 Å². The van der Waals surface area contributed by atoms with Gasteiger partial charge in [0.05, 0.1) is 6.54 Å². The van der Waals surface area contributed by atoms with Crippen LogP contribution in [0.2, 0.25) is 0 Å². The van der Waals surface area contributed by atoms with E-state index in [2.05, 4.69) is 21.9 Å². The fourth-order valence-electron chi connectivity index (χ4n) is 2.75. The lowest BCUT2D eigenvalue weighted by Gasteiger charge is -2.20. The highest BCUT2D eigenvalue weighted by Crippen LogP contribution is 2.11. The third kappa shape index (κ3) is 9.89. The molecule has 0 saturated carbocycles. The van der Waals surface area contributed by atoms with Crippen molar-refractivity contribution in [1.29, 1.82) is 0 Å². The first-order valence-electron chi connectivity index (χ1n) is 9.65. The highest BCUT2D eigenvalue weighted by molar-refractivity contribution is 5.93. The molecule has 0 atom stereocenters. The number of likely N-dealkylation sites (N-methyl/N-ethyl adjacent to an activating group) is 1. The largest absolute Gasteiger partial charge is 0.363 e. The van der Waals surface area contributed by atoms with Crippen molar-refractivity contribution in [3.8, 4) is 0 Å². The second kappa shape index (κ2) is 13.4. The Bertz CT molecular complexity index is 474. The maximum Gasteiger partial charge on any atom is 0.245 e. The fourth-order valence-corrected chi connectivity index (χ4v) is 2.75. The minimum atomic E-state index is -0.254. The quantitative estimate of drug-likeness (QED) is 0.505. The topological polar surface area (TPSA) is 75.4 Å². The fraction of sp³-hybridized carbons (Fsp3) is 0.737. The maximum absolute atomic E-state index is 12.2. The number of rotatable bonds is 14. The van der Waals surface area contributed by atoms with Gasteiger partial charge >= 0.3 is 0 Å². The number of unbranched alkanes of at least 4 members (excludes halogenated alkanes) is 8. The van der Waals surface area contributed by atoms with Crippen LogP contribution in [0.15, 0.2) is 16.9 Å². The van der Waals surface area contributed by atoms with Crippen LogP contribution in [0.5, 0.6) is 0 Å². The Morgan fingerprint density at radius 1 is 1.04 bits per heavy atom. The zero-order valence-corrected chi connectivity index (χ0v) is 15.8. The molecule has 1 heterocycles. The van der Waals surface area contributed by atoms with E-state index in [1.807, 2.05) is 6.92 Å². The molecule has 1 N–H and O–H groups in total. The highest BCUT2D eigenvalue weighted by atomic mass is 16.5. The molecule has 1 aromatic rings. The first kappa shape index (κ1) is 21.2. The molecule has 0 aromatic carbocycles. The number of nitrogens with one attached hydrogen (secondary N) is 1. The van der Waals surface area contributed by atoms with Gasteiger partial charge in [-0.05, 0) is 13.3 Å². The zero-order chi connectivity index (χ0) is 18.3. The molecule has 142 valence electrons. The number of carbonyl (C=O) groups is 2. The SMILES string of the molecule is CCCCCCCCCCCC(=O)N(CC)CC(=O)Nc1ccon1. The Morgan fingerprint density at radius 3 is 2.24 bits per heavy atom. The van der Waals surface area contributed by atoms with Crippen molar-refractivity contribution >= 4 is 17.6 Å². The molecule has 0 bridgehead atoms. The maximum atomic E-state index is 12.2. The van der Waals surface area contributed by atoms with Crippen molar-refractivity contribution in [3.05, 3.63) is 12.3 Å². The van der Waals surface area contributed by atoms with Gasteiger partial charge in [0.1, 0.15) is 6.26 Å². The van der Waals surface area contributed by atoms with E-state index in [0.717, 1.165) is 12.8 Å². The van der Waals surface area contributed by atoms with Crippen LogP contribution in [-0.4, -0.2) is 35.0 Å². The lowest BCUT2D eigenvalue weighted by molar-refractivity contribution is -0.134. The van der Waals surface area contributed by atoms with Gasteiger partial charge in [0.2, 0.25) is 11.8 Å². The molecule has 0 aliphatic heterocycles. The van der Waals surface area contributed by atoms with Crippen LogP contribution >= 0.6 is 0 Å². The number of nitrogens with zero attached hydrogens (tertiary/aromatic N) is 2. The number of hydrogen-bond acceptors (Lipinski definition) is 4. The van der Waals surface area contributed by atoms with E-state index in [1.165, 1.54) is 51.2 Å². The van der Waals surface area contributed by atoms with Crippen LogP contribution < -0.4 is 5.32 Å². The number of aromatic nitrogens is 1. The van der Waals surface area contributed by atoms with Gasteiger partial charge in [0.15, 0.2) is 5.82 Å². The molecule has 6 nitrogen and oxygen atoms in total. The first-order chi connectivity index (χ1) is 12.2. The third-order valence-corrected chi connectivity index (χ3v) is 4.27. The average Bonchev–Trinajstić information content (AvgIpc) is 3.10. The predicted octanol–water partition coefficient (Wildman–Crippen LogP) is 4.38. The van der Waals surface area contributed by atoms with Crippen molar-refractivity contribution in [2.75, 3.05) is 18.4 Å². The second-order valence-electron chi connectivity index (χ2n) is 6.42. The molecule has 0 fully saturated rings. The van der Waals surface area contributed by atoms with E-state index < -0.39 is 0 Å². The van der Waals surface area contributed by atoms with Crippen LogP contribution in [0.25, 0.3) is 0 Å². The third-order valence-electron chi connectivity index (χ3n) is 4.27. The summed E-state index contributed by atoms with van der Waals surface area (Å²) in [7, 11) is 0. The van der Waals surface area contributed by atoms with Crippen molar-refractivity contribution in [3.63, 3.8) is 0 Å². The number of amides is 2. The summed E-state index contributed by atoms with van der Waals surface area (Å²) in [5.41, 5.74) is 0. The summed E-state index contributed by atoms with van der Waals surface area (Å²) >= 11 is 0. The Labute approximate surface area is 151 Å². The van der Waals surface area contributed by atoms with Gasteiger partial charge in [-0.25, -0.2) is 0 Å². The molecule has 25 heavy (non-hydrogen) atoms. The number of hydrogen-bond donors (Lipinski definition) is 1. The van der Waals surface area contributed by atoms with E-state index >= 15 is 0 Å². The predicted molar refractivity (Wildman–Crippen MR) is 99.2 cm³/mol. The lowest BCUT2D eigenvalue weighted by atomic mass is 10.1. The Kier molecular flexibility index (Phi) is 11.4. The zero-order valence-electron chi connectivity index (χ0n) is 15.8. The smallest absolute Gasteiger partial charge is 0.245 e. The van der Waals surface area contributed by atoms with E-state index in [0.29, 0.717) is 18.8 Å². The summed E-state index contributed by atoms with van der Waals surface area (Å²) < 4.78 is 4.66. The van der Waals surface area contributed by atoms with Gasteiger partial charge in [0, 0.05) is 19.0 Å². The van der Waals surface area contributed by atoms with Crippen LogP contribution in [0.1, 0.15) is 78.1 Å². The Hall–Kier alpha value is -1.85. The van der Waals surface area contributed by atoms with Crippen LogP contribution in [0.3, 0.4) is 0 Å². The van der Waals surface area contributed by atoms with E-state index in [-0.39, 0.29) is 18.4 Å². The molecule has 6 heteroatoms. The lowest BCUT2D eigenvalue weighted by Crippen LogP contribution is -2.37. The second-order valence-corrected chi connectivity index (χ2v) is 6.42. The summed E-state index contributed by atoms with van der Waals surface area (Å²) in [6, 6.07) is 1.57. The van der Waals surface area contributed by atoms with Crippen molar-refractivity contribution < 1.29 is 14.1 Å². The van der Waals surface area contributed by atoms with Crippen LogP contribution in [0, 0.1) is 0 Å². The minimum absolute atomic E-state index is 0.0424. The van der Waals surface area contributed by atoms with Gasteiger partial charge in [-0.2, -0.15) is 0 Å². The Balaban J connectivity index is 2.11. The van der Waals surface area contributed by atoms with E-state index in [1.54, 1.807) is 11.0 Å². The number of anilines is 1. The Morgan fingerprint density at radius 2 is 1.68 bits per heavy atom. The molecule has 0 unspecified atom stereocenters. The van der Waals surface area contributed by atoms with Gasteiger partial charge < -0.3 is 14.7 Å². The summed E-state index contributed by atoms with van der Waals surface area (Å²) in [4.78, 5) is 25.7. The molecule has 2 amide bonds. The summed E-state index contributed by atoms with van der Waals surface area (Å²) in [5.74, 6) is 0.157. The normalized spacial score (nSPS) is 10.6. The van der Waals surface area contributed by atoms with Crippen molar-refractivity contribution in [2.24, 2.45) is 0 Å².